The number of rotatable bonds is 3. The second-order valence-electron chi connectivity index (χ2n) is 15.0. The number of hydrogen-bond acceptors (Lipinski definition) is 3. The number of para-hydroxylation sites is 1. The van der Waals surface area contributed by atoms with E-state index in [2.05, 4.69) is 134 Å². The van der Waals surface area contributed by atoms with Gasteiger partial charge >= 0.3 is 0 Å². The number of nitrogens with zero attached hydrogens (tertiary/aromatic N) is 3. The molecule has 51 heavy (non-hydrogen) atoms. The van der Waals surface area contributed by atoms with Crippen molar-refractivity contribution in [3.8, 4) is 5.95 Å². The average molecular weight is 676 g/mol. The van der Waals surface area contributed by atoms with Gasteiger partial charge in [0, 0.05) is 47.6 Å². The van der Waals surface area contributed by atoms with Crippen LogP contribution >= 0.6 is 11.3 Å². The summed E-state index contributed by atoms with van der Waals surface area (Å²) in [6, 6.07) is 29.1. The molecule has 0 atom stereocenters. The van der Waals surface area contributed by atoms with Crippen LogP contribution in [-0.4, -0.2) is 14.5 Å². The fourth-order valence-electron chi connectivity index (χ4n) is 9.57. The van der Waals surface area contributed by atoms with Gasteiger partial charge in [-0.1, -0.05) is 117 Å². The van der Waals surface area contributed by atoms with Gasteiger partial charge in [0.05, 0.1) is 16.7 Å². The van der Waals surface area contributed by atoms with Crippen LogP contribution in [0, 0.1) is 0 Å². The summed E-state index contributed by atoms with van der Waals surface area (Å²) in [6.07, 6.45) is 20.1. The lowest BCUT2D eigenvalue weighted by Crippen LogP contribution is -2.20. The van der Waals surface area contributed by atoms with Gasteiger partial charge in [0.2, 0.25) is 5.95 Å². The summed E-state index contributed by atoms with van der Waals surface area (Å²) in [6.45, 7) is 4.89. The Labute approximate surface area is 301 Å². The summed E-state index contributed by atoms with van der Waals surface area (Å²) >= 11 is 1.92. The van der Waals surface area contributed by atoms with Crippen molar-refractivity contribution in [2.45, 2.75) is 57.8 Å². The highest BCUT2D eigenvalue weighted by atomic mass is 32.1. The van der Waals surface area contributed by atoms with E-state index in [0.717, 1.165) is 61.1 Å². The molecule has 3 nitrogen and oxygen atoms in total. The molecule has 3 aromatic heterocycles. The van der Waals surface area contributed by atoms with Crippen molar-refractivity contribution in [1.29, 1.82) is 0 Å². The number of hydrogen-bond donors (Lipinski definition) is 0. The van der Waals surface area contributed by atoms with Crippen molar-refractivity contribution in [2.75, 3.05) is 0 Å². The summed E-state index contributed by atoms with van der Waals surface area (Å²) in [5, 5.41) is 5.14. The zero-order valence-corrected chi connectivity index (χ0v) is 29.8. The highest BCUT2D eigenvalue weighted by Crippen LogP contribution is 2.54. The normalized spacial score (nSPS) is 17.7. The second kappa shape index (κ2) is 10.8. The molecule has 4 aliphatic carbocycles. The third-order valence-electron chi connectivity index (χ3n) is 11.9. The molecule has 4 aromatic carbocycles. The van der Waals surface area contributed by atoms with E-state index in [1.54, 1.807) is 5.57 Å². The molecule has 0 fully saturated rings. The van der Waals surface area contributed by atoms with E-state index in [1.165, 1.54) is 75.7 Å². The largest absolute Gasteiger partial charge is 0.281 e. The Morgan fingerprint density at radius 1 is 0.706 bits per heavy atom. The quantitative estimate of drug-likeness (QED) is 0.187. The van der Waals surface area contributed by atoms with Gasteiger partial charge in [0.1, 0.15) is 0 Å². The molecule has 11 rings (SSSR count). The monoisotopic (exact) mass is 675 g/mol. The van der Waals surface area contributed by atoms with Crippen LogP contribution in [0.3, 0.4) is 0 Å². The van der Waals surface area contributed by atoms with Crippen LogP contribution in [0.15, 0.2) is 115 Å². The first-order valence-electron chi connectivity index (χ1n) is 18.4. The van der Waals surface area contributed by atoms with E-state index in [4.69, 9.17) is 9.97 Å². The Morgan fingerprint density at radius 2 is 1.55 bits per heavy atom. The van der Waals surface area contributed by atoms with Crippen molar-refractivity contribution in [3.63, 3.8) is 0 Å². The minimum Gasteiger partial charge on any atom is -0.281 e. The molecule has 3 heterocycles. The van der Waals surface area contributed by atoms with Crippen molar-refractivity contribution >= 4 is 76.1 Å². The molecule has 0 aliphatic heterocycles. The Kier molecular flexibility index (Phi) is 6.25. The lowest BCUT2D eigenvalue weighted by molar-refractivity contribution is 0.609. The van der Waals surface area contributed by atoms with Crippen LogP contribution in [0.4, 0.5) is 0 Å². The number of benzene rings is 4. The zero-order chi connectivity index (χ0) is 33.8. The lowest BCUT2D eigenvalue weighted by atomic mass is 9.78. The van der Waals surface area contributed by atoms with E-state index < -0.39 is 0 Å². The fraction of sp³-hybridized carbons (Fsp3) is 0.191. The van der Waals surface area contributed by atoms with Gasteiger partial charge in [-0.15, -0.1) is 11.3 Å². The predicted molar refractivity (Wildman–Crippen MR) is 217 cm³/mol. The van der Waals surface area contributed by atoms with E-state index in [9.17, 15) is 0 Å². The Morgan fingerprint density at radius 3 is 2.45 bits per heavy atom. The second-order valence-corrected chi connectivity index (χ2v) is 16.1. The van der Waals surface area contributed by atoms with Crippen molar-refractivity contribution in [1.82, 2.24) is 14.5 Å². The predicted octanol–water partition coefficient (Wildman–Crippen LogP) is 12.6. The van der Waals surface area contributed by atoms with Gasteiger partial charge < -0.3 is 0 Å². The first kappa shape index (κ1) is 29.4. The van der Waals surface area contributed by atoms with E-state index in [0.29, 0.717) is 0 Å². The van der Waals surface area contributed by atoms with Crippen molar-refractivity contribution in [3.05, 3.63) is 148 Å². The molecule has 0 bridgehead atoms. The zero-order valence-electron chi connectivity index (χ0n) is 29.0. The van der Waals surface area contributed by atoms with E-state index in [-0.39, 0.29) is 5.41 Å². The maximum Gasteiger partial charge on any atom is 0.235 e. The van der Waals surface area contributed by atoms with Crippen LogP contribution in [0.2, 0.25) is 0 Å². The minimum atomic E-state index is -0.0980. The van der Waals surface area contributed by atoms with Crippen molar-refractivity contribution < 1.29 is 0 Å². The number of aromatic nitrogens is 3. The summed E-state index contributed by atoms with van der Waals surface area (Å²) in [5.74, 6) is 0.790. The minimum absolute atomic E-state index is 0.0980. The van der Waals surface area contributed by atoms with Gasteiger partial charge in [-0.25, -0.2) is 9.97 Å². The smallest absolute Gasteiger partial charge is 0.235 e. The van der Waals surface area contributed by atoms with Gasteiger partial charge in [-0.2, -0.15) is 0 Å². The Hall–Kier alpha value is -5.32. The maximum absolute atomic E-state index is 5.53. The molecule has 0 radical (unpaired) electrons. The van der Waals surface area contributed by atoms with Gasteiger partial charge in [-0.05, 0) is 90.1 Å². The molecular weight excluding hydrogens is 639 g/mol. The van der Waals surface area contributed by atoms with Gasteiger partial charge in [0.25, 0.3) is 0 Å². The van der Waals surface area contributed by atoms with Crippen LogP contribution in [0.5, 0.6) is 0 Å². The van der Waals surface area contributed by atoms with E-state index in [1.807, 2.05) is 11.3 Å². The molecule has 0 amide bonds. The summed E-state index contributed by atoms with van der Waals surface area (Å²) in [7, 11) is 0. The molecule has 0 saturated carbocycles. The van der Waals surface area contributed by atoms with Crippen LogP contribution in [0.1, 0.15) is 79.6 Å². The summed E-state index contributed by atoms with van der Waals surface area (Å²) < 4.78 is 5.22. The first-order valence-corrected chi connectivity index (χ1v) is 19.2. The third-order valence-corrected chi connectivity index (χ3v) is 13.1. The number of fused-ring (bicyclic) bond motifs is 10. The first-order chi connectivity index (χ1) is 25.1. The average Bonchev–Trinajstić information content (AvgIpc) is 3.80. The molecule has 4 heteroatoms. The van der Waals surface area contributed by atoms with Crippen molar-refractivity contribution in [2.24, 2.45) is 0 Å². The molecule has 246 valence electrons. The Bertz CT molecular complexity index is 2830. The fourth-order valence-corrected chi connectivity index (χ4v) is 10.8. The van der Waals surface area contributed by atoms with Crippen LogP contribution < -0.4 is 0 Å². The maximum atomic E-state index is 5.53. The topological polar surface area (TPSA) is 30.7 Å². The number of thiophene rings is 1. The highest BCUT2D eigenvalue weighted by Gasteiger charge is 2.41. The van der Waals surface area contributed by atoms with Gasteiger partial charge in [0.15, 0.2) is 0 Å². The highest BCUT2D eigenvalue weighted by molar-refractivity contribution is 7.26. The lowest BCUT2D eigenvalue weighted by Gasteiger charge is -2.27. The molecule has 0 saturated heterocycles. The Balaban J connectivity index is 1.21. The summed E-state index contributed by atoms with van der Waals surface area (Å²) in [5.41, 5.74) is 15.7. The standard InChI is InChI=1S/C47H37N3S/c1-47(2)38-20-9-6-15-31(38)33-24-25-34-37-27-29(30-18-12-19-35-32-16-8-11-22-41(32)51-45(30)35)23-26-40(37)50(44(34)42(33)47)46-48-39-21-10-7-17-36(39)43(49-46)28-13-4-3-5-14-28/h3-4,6-8,10-13,15-19,21-22,24-25,27H,5,9,14,20,23,26H2,1-2H3. The van der Waals surface area contributed by atoms with Crippen LogP contribution in [0.25, 0.3) is 70.7 Å². The SMILES string of the molecule is CC1(C)C2=C(C=CCC2)c2ccc3c4c(n(-c5nc(C6=CC=CCC6)c6ccccc6n5)c3c21)CCC(c1cccc2c1sc1ccccc12)=C4. The molecule has 0 N–H and O–H groups in total. The molecule has 0 spiro atoms. The number of allylic oxidation sites excluding steroid dienone is 9. The molecule has 7 aromatic rings. The molecular formula is C47H37N3S. The van der Waals surface area contributed by atoms with Crippen LogP contribution in [-0.2, 0) is 11.8 Å². The molecule has 4 aliphatic rings. The third kappa shape index (κ3) is 4.17. The van der Waals surface area contributed by atoms with Gasteiger partial charge in [-0.3, -0.25) is 4.57 Å². The molecule has 0 unspecified atom stereocenters. The van der Waals surface area contributed by atoms with E-state index >= 15 is 0 Å². The summed E-state index contributed by atoms with van der Waals surface area (Å²) in [4.78, 5) is 10.9.